The molecular formula is C33H25BrN6O2S. The highest BCUT2D eigenvalue weighted by Crippen LogP contribution is 2.29. The lowest BCUT2D eigenvalue weighted by Crippen LogP contribution is -2.20. The molecule has 43 heavy (non-hydrogen) atoms. The molecule has 0 aliphatic carbocycles. The van der Waals surface area contributed by atoms with Crippen molar-refractivity contribution in [2.75, 3.05) is 5.75 Å². The summed E-state index contributed by atoms with van der Waals surface area (Å²) in [7, 11) is 0. The summed E-state index contributed by atoms with van der Waals surface area (Å²) in [6.07, 6.45) is 5.06. The number of nitrogens with zero attached hydrogens (tertiary/aromatic N) is 5. The fourth-order valence-electron chi connectivity index (χ4n) is 4.51. The molecular weight excluding hydrogens is 624 g/mol. The number of carbonyl (C=O) groups is 1. The van der Waals surface area contributed by atoms with Crippen molar-refractivity contribution >= 4 is 50.6 Å². The number of pyridine rings is 1. The lowest BCUT2D eigenvalue weighted by Gasteiger charge is -2.12. The molecule has 6 rings (SSSR count). The molecule has 2 heterocycles. The van der Waals surface area contributed by atoms with Crippen LogP contribution in [0.25, 0.3) is 27.8 Å². The molecule has 0 aliphatic heterocycles. The lowest BCUT2D eigenvalue weighted by atomic mass is 10.0. The Morgan fingerprint density at radius 1 is 0.930 bits per heavy atom. The van der Waals surface area contributed by atoms with E-state index in [2.05, 4.69) is 41.6 Å². The van der Waals surface area contributed by atoms with Gasteiger partial charge in [-0.1, -0.05) is 88.4 Å². The topological polar surface area (TPSA) is 94.3 Å². The quantitative estimate of drug-likeness (QED) is 0.0970. The van der Waals surface area contributed by atoms with E-state index in [0.29, 0.717) is 23.3 Å². The average Bonchev–Trinajstić information content (AvgIpc) is 3.48. The fraction of sp³-hybridized carbons (Fsp3) is 0.0606. The molecule has 10 heteroatoms. The monoisotopic (exact) mass is 648 g/mol. The predicted octanol–water partition coefficient (Wildman–Crippen LogP) is 7.07. The fourth-order valence-corrected chi connectivity index (χ4v) is 5.71. The van der Waals surface area contributed by atoms with Crippen molar-refractivity contribution in [2.24, 2.45) is 5.10 Å². The number of nitrogens with one attached hydrogen (secondary N) is 1. The molecule has 0 saturated carbocycles. The zero-order chi connectivity index (χ0) is 29.4. The molecule has 212 valence electrons. The van der Waals surface area contributed by atoms with E-state index in [1.54, 1.807) is 18.6 Å². The molecule has 6 aromatic rings. The van der Waals surface area contributed by atoms with E-state index >= 15 is 0 Å². The minimum atomic E-state index is -0.272. The summed E-state index contributed by atoms with van der Waals surface area (Å²) in [5, 5.41) is 15.7. The third-order valence-electron chi connectivity index (χ3n) is 6.52. The molecule has 0 bridgehead atoms. The molecule has 1 N–H and O–H groups in total. The Balaban J connectivity index is 1.18. The standard InChI is InChI=1S/C33H25BrN6O2S/c34-26-9-6-7-23(19-26)21-42-30-14-13-24-8-4-5-12-28(24)29(30)20-36-37-31(41)22-43-33-39-38-32(25-15-17-35-18-16-25)40(33)27-10-2-1-3-11-27/h1-20H,21-22H2,(H,37,41). The molecule has 0 atom stereocenters. The number of hydrogen-bond acceptors (Lipinski definition) is 7. The Labute approximate surface area is 261 Å². The van der Waals surface area contributed by atoms with E-state index in [0.717, 1.165) is 37.6 Å². The van der Waals surface area contributed by atoms with Gasteiger partial charge in [-0.2, -0.15) is 5.10 Å². The maximum atomic E-state index is 12.9. The second-order valence-electron chi connectivity index (χ2n) is 9.41. The molecule has 0 aliphatic rings. The van der Waals surface area contributed by atoms with Crippen LogP contribution in [0, 0.1) is 0 Å². The number of ether oxygens (including phenoxy) is 1. The van der Waals surface area contributed by atoms with Gasteiger partial charge < -0.3 is 4.74 Å². The minimum Gasteiger partial charge on any atom is -0.488 e. The number of benzene rings is 4. The molecule has 0 fully saturated rings. The Morgan fingerprint density at radius 2 is 1.74 bits per heavy atom. The summed E-state index contributed by atoms with van der Waals surface area (Å²) < 4.78 is 9.12. The number of para-hydroxylation sites is 1. The Kier molecular flexibility index (Phi) is 8.86. The summed E-state index contributed by atoms with van der Waals surface area (Å²) in [6.45, 7) is 0.394. The molecule has 8 nitrogen and oxygen atoms in total. The smallest absolute Gasteiger partial charge is 0.250 e. The molecule has 0 radical (unpaired) electrons. The number of halogens is 1. The van der Waals surface area contributed by atoms with Gasteiger partial charge in [-0.15, -0.1) is 10.2 Å². The van der Waals surface area contributed by atoms with Gasteiger partial charge in [-0.3, -0.25) is 14.3 Å². The highest BCUT2D eigenvalue weighted by molar-refractivity contribution is 9.10. The van der Waals surface area contributed by atoms with Crippen molar-refractivity contribution in [1.29, 1.82) is 0 Å². The van der Waals surface area contributed by atoms with Crippen LogP contribution < -0.4 is 10.2 Å². The molecule has 1 amide bonds. The molecule has 2 aromatic heterocycles. The van der Waals surface area contributed by atoms with Gasteiger partial charge in [0.2, 0.25) is 0 Å². The Morgan fingerprint density at radius 3 is 2.58 bits per heavy atom. The van der Waals surface area contributed by atoms with E-state index in [9.17, 15) is 4.79 Å². The number of aromatic nitrogens is 4. The zero-order valence-corrected chi connectivity index (χ0v) is 25.2. The normalized spacial score (nSPS) is 11.2. The Hall–Kier alpha value is -4.80. The summed E-state index contributed by atoms with van der Waals surface area (Å²) in [5.74, 6) is 1.16. The van der Waals surface area contributed by atoms with Gasteiger partial charge in [0, 0.05) is 33.7 Å². The third kappa shape index (κ3) is 6.82. The van der Waals surface area contributed by atoms with Crippen LogP contribution >= 0.6 is 27.7 Å². The second-order valence-corrected chi connectivity index (χ2v) is 11.3. The number of thioether (sulfide) groups is 1. The van der Waals surface area contributed by atoms with Gasteiger partial charge in [0.25, 0.3) is 5.91 Å². The van der Waals surface area contributed by atoms with E-state index in [1.165, 1.54) is 11.8 Å². The van der Waals surface area contributed by atoms with Crippen LogP contribution in [-0.2, 0) is 11.4 Å². The van der Waals surface area contributed by atoms with Crippen LogP contribution in [0.15, 0.2) is 130 Å². The van der Waals surface area contributed by atoms with Gasteiger partial charge in [0.15, 0.2) is 11.0 Å². The minimum absolute atomic E-state index is 0.0977. The van der Waals surface area contributed by atoms with Gasteiger partial charge in [-0.05, 0) is 58.8 Å². The molecule has 0 saturated heterocycles. The second kappa shape index (κ2) is 13.5. The predicted molar refractivity (Wildman–Crippen MR) is 173 cm³/mol. The van der Waals surface area contributed by atoms with E-state index in [1.807, 2.05) is 108 Å². The first kappa shape index (κ1) is 28.3. The highest BCUT2D eigenvalue weighted by Gasteiger charge is 2.17. The van der Waals surface area contributed by atoms with Gasteiger partial charge in [-0.25, -0.2) is 5.43 Å². The highest BCUT2D eigenvalue weighted by atomic mass is 79.9. The molecule has 0 unspecified atom stereocenters. The maximum Gasteiger partial charge on any atom is 0.250 e. The van der Waals surface area contributed by atoms with Gasteiger partial charge in [0.05, 0.1) is 12.0 Å². The number of fused-ring (bicyclic) bond motifs is 1. The van der Waals surface area contributed by atoms with Crippen molar-refractivity contribution in [3.63, 3.8) is 0 Å². The molecule has 0 spiro atoms. The van der Waals surface area contributed by atoms with Crippen molar-refractivity contribution in [2.45, 2.75) is 11.8 Å². The van der Waals surface area contributed by atoms with Crippen molar-refractivity contribution in [3.05, 3.63) is 131 Å². The number of hydrogen-bond donors (Lipinski definition) is 1. The first-order valence-electron chi connectivity index (χ1n) is 13.4. The zero-order valence-electron chi connectivity index (χ0n) is 22.8. The van der Waals surface area contributed by atoms with Crippen molar-refractivity contribution in [1.82, 2.24) is 25.2 Å². The number of rotatable bonds is 10. The number of amides is 1. The Bertz CT molecular complexity index is 1900. The first-order valence-corrected chi connectivity index (χ1v) is 15.2. The van der Waals surface area contributed by atoms with Crippen molar-refractivity contribution < 1.29 is 9.53 Å². The van der Waals surface area contributed by atoms with Gasteiger partial charge in [0.1, 0.15) is 12.4 Å². The SMILES string of the molecule is O=C(CSc1nnc(-c2ccncc2)n1-c1ccccc1)NN=Cc1c(OCc2cccc(Br)c2)ccc2ccccc12. The summed E-state index contributed by atoms with van der Waals surface area (Å²) in [5.41, 5.74) is 6.24. The summed E-state index contributed by atoms with van der Waals surface area (Å²) in [4.78, 5) is 17.0. The summed E-state index contributed by atoms with van der Waals surface area (Å²) >= 11 is 4.79. The average molecular weight is 650 g/mol. The third-order valence-corrected chi connectivity index (χ3v) is 7.94. The van der Waals surface area contributed by atoms with Crippen LogP contribution in [0.1, 0.15) is 11.1 Å². The van der Waals surface area contributed by atoms with Crippen molar-refractivity contribution in [3.8, 4) is 22.8 Å². The van der Waals surface area contributed by atoms with E-state index < -0.39 is 0 Å². The van der Waals surface area contributed by atoms with Gasteiger partial charge >= 0.3 is 0 Å². The van der Waals surface area contributed by atoms with E-state index in [4.69, 9.17) is 4.74 Å². The van der Waals surface area contributed by atoms with E-state index in [-0.39, 0.29) is 11.7 Å². The molecule has 4 aromatic carbocycles. The number of carbonyl (C=O) groups excluding carboxylic acids is 1. The number of hydrazone groups is 1. The largest absolute Gasteiger partial charge is 0.488 e. The maximum absolute atomic E-state index is 12.9. The van der Waals surface area contributed by atoms with Crippen LogP contribution in [0.4, 0.5) is 0 Å². The first-order chi connectivity index (χ1) is 21.2. The summed E-state index contributed by atoms with van der Waals surface area (Å²) in [6, 6.07) is 33.5. The van der Waals surface area contributed by atoms with Crippen LogP contribution in [-0.4, -0.2) is 37.6 Å². The van der Waals surface area contributed by atoms with Crippen LogP contribution in [0.5, 0.6) is 5.75 Å². The van der Waals surface area contributed by atoms with Crippen LogP contribution in [0.2, 0.25) is 0 Å². The lowest BCUT2D eigenvalue weighted by molar-refractivity contribution is -0.118. The van der Waals surface area contributed by atoms with Crippen LogP contribution in [0.3, 0.4) is 0 Å².